The molecule has 8 heteroatoms. The van der Waals surface area contributed by atoms with Gasteiger partial charge in [-0.25, -0.2) is 0 Å². The van der Waals surface area contributed by atoms with Crippen LogP contribution in [0.15, 0.2) is 42.5 Å². The van der Waals surface area contributed by atoms with Gasteiger partial charge in [0, 0.05) is 28.9 Å². The van der Waals surface area contributed by atoms with Crippen molar-refractivity contribution in [1.82, 2.24) is 0 Å². The Kier molecular flexibility index (Phi) is 4.34. The van der Waals surface area contributed by atoms with E-state index in [4.69, 9.17) is 11.6 Å². The molecular weight excluding hydrogens is 298 g/mol. The van der Waals surface area contributed by atoms with Crippen molar-refractivity contribution in [3.63, 3.8) is 0 Å². The summed E-state index contributed by atoms with van der Waals surface area (Å²) in [7, 11) is 0. The molecule has 7 nitrogen and oxygen atoms in total. The second kappa shape index (κ2) is 6.19. The number of anilines is 1. The lowest BCUT2D eigenvalue weighted by molar-refractivity contribution is -0.394. The quantitative estimate of drug-likeness (QED) is 0.669. The largest absolute Gasteiger partial charge is 0.381 e. The van der Waals surface area contributed by atoms with Gasteiger partial charge in [-0.2, -0.15) is 0 Å². The van der Waals surface area contributed by atoms with E-state index in [-0.39, 0.29) is 17.9 Å². The summed E-state index contributed by atoms with van der Waals surface area (Å²) in [6, 6.07) is 10.5. The fourth-order valence-corrected chi connectivity index (χ4v) is 1.97. The number of hydrogen-bond donors (Lipinski definition) is 1. The maximum atomic E-state index is 11.0. The Morgan fingerprint density at radius 1 is 1.05 bits per heavy atom. The summed E-state index contributed by atoms with van der Waals surface area (Å²) in [5.41, 5.74) is 0.452. The molecule has 2 rings (SSSR count). The maximum absolute atomic E-state index is 11.0. The highest BCUT2D eigenvalue weighted by molar-refractivity contribution is 6.30. The van der Waals surface area contributed by atoms with E-state index in [1.165, 1.54) is 12.1 Å². The standard InChI is InChI=1S/C13H10ClN3O4/c14-10-2-1-3-11(6-10)15-8-9-4-5-12(16(18)19)7-13(9)17(20)21/h1-7,15H,8H2. The number of nitro benzene ring substituents is 2. The predicted octanol–water partition coefficient (Wildman–Crippen LogP) is 3.77. The topological polar surface area (TPSA) is 98.3 Å². The Balaban J connectivity index is 2.23. The molecule has 0 spiro atoms. The molecule has 1 N–H and O–H groups in total. The monoisotopic (exact) mass is 307 g/mol. The van der Waals surface area contributed by atoms with E-state index in [0.717, 1.165) is 6.07 Å². The second-order valence-corrected chi connectivity index (χ2v) is 4.63. The highest BCUT2D eigenvalue weighted by Crippen LogP contribution is 2.25. The van der Waals surface area contributed by atoms with E-state index in [1.54, 1.807) is 24.3 Å². The van der Waals surface area contributed by atoms with Crippen LogP contribution in [0.25, 0.3) is 0 Å². The number of halogens is 1. The first-order valence-corrected chi connectivity index (χ1v) is 6.26. The predicted molar refractivity (Wildman–Crippen MR) is 78.5 cm³/mol. The smallest absolute Gasteiger partial charge is 0.281 e. The van der Waals surface area contributed by atoms with Crippen molar-refractivity contribution in [1.29, 1.82) is 0 Å². The van der Waals surface area contributed by atoms with Crippen LogP contribution in [0.1, 0.15) is 5.56 Å². The first-order valence-electron chi connectivity index (χ1n) is 5.88. The summed E-state index contributed by atoms with van der Waals surface area (Å²) in [4.78, 5) is 20.4. The van der Waals surface area contributed by atoms with E-state index in [1.807, 2.05) is 0 Å². The second-order valence-electron chi connectivity index (χ2n) is 4.19. The molecule has 0 fully saturated rings. The van der Waals surface area contributed by atoms with E-state index in [9.17, 15) is 20.2 Å². The molecule has 0 aliphatic carbocycles. The van der Waals surface area contributed by atoms with Crippen LogP contribution in [0.4, 0.5) is 17.1 Å². The van der Waals surface area contributed by atoms with Gasteiger partial charge in [0.1, 0.15) is 0 Å². The third-order valence-corrected chi connectivity index (χ3v) is 3.02. The van der Waals surface area contributed by atoms with Crippen LogP contribution >= 0.6 is 11.6 Å². The number of nitrogens with one attached hydrogen (secondary N) is 1. The number of nitrogens with zero attached hydrogens (tertiary/aromatic N) is 2. The molecular formula is C13H10ClN3O4. The molecule has 0 atom stereocenters. The molecule has 0 unspecified atom stereocenters. The fourth-order valence-electron chi connectivity index (χ4n) is 1.78. The summed E-state index contributed by atoms with van der Waals surface area (Å²) in [6.07, 6.45) is 0. The molecule has 0 bridgehead atoms. The normalized spacial score (nSPS) is 10.1. The van der Waals surface area contributed by atoms with Crippen LogP contribution in [0, 0.1) is 20.2 Å². The van der Waals surface area contributed by atoms with Gasteiger partial charge in [-0.15, -0.1) is 0 Å². The molecule has 108 valence electrons. The van der Waals surface area contributed by atoms with Crippen molar-refractivity contribution >= 4 is 28.7 Å². The van der Waals surface area contributed by atoms with E-state index < -0.39 is 9.85 Å². The zero-order valence-electron chi connectivity index (χ0n) is 10.7. The van der Waals surface area contributed by atoms with Crippen molar-refractivity contribution in [2.45, 2.75) is 6.54 Å². The summed E-state index contributed by atoms with van der Waals surface area (Å²) < 4.78 is 0. The summed E-state index contributed by atoms with van der Waals surface area (Å²) in [6.45, 7) is 0.161. The van der Waals surface area contributed by atoms with Gasteiger partial charge in [0.05, 0.1) is 15.9 Å². The van der Waals surface area contributed by atoms with Gasteiger partial charge < -0.3 is 5.32 Å². The van der Waals surface area contributed by atoms with Gasteiger partial charge >= 0.3 is 0 Å². The number of benzene rings is 2. The Hall–Kier alpha value is -2.67. The van der Waals surface area contributed by atoms with Gasteiger partial charge in [-0.3, -0.25) is 20.2 Å². The SMILES string of the molecule is O=[N+]([O-])c1ccc(CNc2cccc(Cl)c2)c([N+](=O)[O-])c1. The number of hydrogen-bond acceptors (Lipinski definition) is 5. The molecule has 0 amide bonds. The molecule has 0 heterocycles. The molecule has 0 saturated carbocycles. The molecule has 0 aromatic heterocycles. The minimum absolute atomic E-state index is 0.161. The van der Waals surface area contributed by atoms with Crippen LogP contribution in [0.5, 0.6) is 0 Å². The zero-order chi connectivity index (χ0) is 15.4. The van der Waals surface area contributed by atoms with Crippen molar-refractivity contribution in [2.24, 2.45) is 0 Å². The van der Waals surface area contributed by atoms with E-state index in [0.29, 0.717) is 16.3 Å². The zero-order valence-corrected chi connectivity index (χ0v) is 11.4. The molecule has 2 aromatic rings. The van der Waals surface area contributed by atoms with Crippen LogP contribution in [-0.2, 0) is 6.54 Å². The maximum Gasteiger partial charge on any atom is 0.281 e. The first kappa shape index (κ1) is 14.7. The first-order chi connectivity index (χ1) is 9.97. The number of rotatable bonds is 5. The van der Waals surface area contributed by atoms with Gasteiger partial charge in [0.15, 0.2) is 0 Å². The van der Waals surface area contributed by atoms with Gasteiger partial charge in [0.25, 0.3) is 11.4 Å². The Morgan fingerprint density at radius 2 is 1.81 bits per heavy atom. The van der Waals surface area contributed by atoms with E-state index >= 15 is 0 Å². The van der Waals surface area contributed by atoms with Gasteiger partial charge in [-0.05, 0) is 24.3 Å². The van der Waals surface area contributed by atoms with Crippen LogP contribution in [0.2, 0.25) is 5.02 Å². The highest BCUT2D eigenvalue weighted by Gasteiger charge is 2.18. The number of nitro groups is 2. The molecule has 0 radical (unpaired) electrons. The molecule has 0 saturated heterocycles. The lowest BCUT2D eigenvalue weighted by Gasteiger charge is -2.07. The Bertz CT molecular complexity index is 706. The minimum atomic E-state index is -0.665. The van der Waals surface area contributed by atoms with Crippen LogP contribution in [0.3, 0.4) is 0 Å². The Morgan fingerprint density at radius 3 is 2.43 bits per heavy atom. The van der Waals surface area contributed by atoms with Crippen molar-refractivity contribution in [2.75, 3.05) is 5.32 Å². The van der Waals surface area contributed by atoms with Crippen LogP contribution < -0.4 is 5.32 Å². The summed E-state index contributed by atoms with van der Waals surface area (Å²) >= 11 is 5.84. The summed E-state index contributed by atoms with van der Waals surface area (Å²) in [5.74, 6) is 0. The Labute approximate surface area is 124 Å². The lowest BCUT2D eigenvalue weighted by atomic mass is 10.1. The molecule has 0 aliphatic rings. The van der Waals surface area contributed by atoms with Gasteiger partial charge in [0.2, 0.25) is 0 Å². The van der Waals surface area contributed by atoms with Crippen molar-refractivity contribution in [3.05, 3.63) is 73.3 Å². The average molecular weight is 308 g/mol. The molecule has 21 heavy (non-hydrogen) atoms. The third kappa shape index (κ3) is 3.67. The molecule has 0 aliphatic heterocycles. The minimum Gasteiger partial charge on any atom is -0.381 e. The van der Waals surface area contributed by atoms with Crippen molar-refractivity contribution in [3.8, 4) is 0 Å². The summed E-state index contributed by atoms with van der Waals surface area (Å²) in [5, 5.41) is 25.2. The van der Waals surface area contributed by atoms with Crippen LogP contribution in [-0.4, -0.2) is 9.85 Å². The average Bonchev–Trinajstić information content (AvgIpc) is 2.44. The third-order valence-electron chi connectivity index (χ3n) is 2.78. The van der Waals surface area contributed by atoms with Gasteiger partial charge in [-0.1, -0.05) is 17.7 Å². The highest BCUT2D eigenvalue weighted by atomic mass is 35.5. The number of non-ortho nitro benzene ring substituents is 1. The molecule has 2 aromatic carbocycles. The van der Waals surface area contributed by atoms with Crippen molar-refractivity contribution < 1.29 is 9.85 Å². The lowest BCUT2D eigenvalue weighted by Crippen LogP contribution is -2.04. The fraction of sp³-hybridized carbons (Fsp3) is 0.0769. The van der Waals surface area contributed by atoms with E-state index in [2.05, 4.69) is 5.32 Å².